The molecular weight excluding hydrogens is 365 g/mol. The number of thiazole rings is 1. The van der Waals surface area contributed by atoms with Crippen LogP contribution in [0, 0.1) is 23.2 Å². The lowest BCUT2D eigenvalue weighted by Crippen LogP contribution is -2.50. The van der Waals surface area contributed by atoms with Gasteiger partial charge in [-0.2, -0.15) is 18.2 Å². The third-order valence-electron chi connectivity index (χ3n) is 6.30. The maximum atomic E-state index is 13.3. The van der Waals surface area contributed by atoms with Crippen LogP contribution in [0.1, 0.15) is 44.2 Å². The largest absolute Gasteiger partial charge is 0.432 e. The monoisotopic (exact) mass is 388 g/mol. The second-order valence-electron chi connectivity index (χ2n) is 8.16. The van der Waals surface area contributed by atoms with Crippen molar-refractivity contribution in [1.29, 1.82) is 0 Å². The fourth-order valence-electron chi connectivity index (χ4n) is 5.62. The Labute approximate surface area is 154 Å². The molecule has 26 heavy (non-hydrogen) atoms. The van der Waals surface area contributed by atoms with Gasteiger partial charge in [0, 0.05) is 19.0 Å². The first-order chi connectivity index (χ1) is 12.3. The van der Waals surface area contributed by atoms with Crippen LogP contribution in [-0.2, 0) is 22.3 Å². The van der Waals surface area contributed by atoms with E-state index in [4.69, 9.17) is 4.74 Å². The molecule has 1 aromatic heterocycles. The molecule has 0 radical (unpaired) electrons. The summed E-state index contributed by atoms with van der Waals surface area (Å²) in [5.74, 6) is 1.57. The van der Waals surface area contributed by atoms with Gasteiger partial charge in [0.2, 0.25) is 0 Å². The number of carbonyl (C=O) groups excluding carboxylic acids is 1. The van der Waals surface area contributed by atoms with Gasteiger partial charge in [0.05, 0.1) is 12.0 Å². The molecule has 0 atom stereocenters. The van der Waals surface area contributed by atoms with Gasteiger partial charge in [0.1, 0.15) is 5.69 Å². The molecule has 0 N–H and O–H groups in total. The van der Waals surface area contributed by atoms with Crippen molar-refractivity contribution in [3.8, 4) is 0 Å². The first-order valence-corrected chi connectivity index (χ1v) is 10.0. The van der Waals surface area contributed by atoms with Gasteiger partial charge in [-0.15, -0.1) is 11.3 Å². The van der Waals surface area contributed by atoms with Crippen LogP contribution >= 0.6 is 11.3 Å². The van der Waals surface area contributed by atoms with Gasteiger partial charge in [-0.1, -0.05) is 0 Å². The highest BCUT2D eigenvalue weighted by molar-refractivity contribution is 7.07. The van der Waals surface area contributed by atoms with Gasteiger partial charge < -0.3 is 9.30 Å². The van der Waals surface area contributed by atoms with Gasteiger partial charge >= 0.3 is 6.18 Å². The number of halogens is 3. The van der Waals surface area contributed by atoms with Crippen LogP contribution in [-0.4, -0.2) is 24.2 Å². The minimum absolute atomic E-state index is 0.0296. The van der Waals surface area contributed by atoms with Gasteiger partial charge in [0.25, 0.3) is 5.91 Å². The Morgan fingerprint density at radius 2 is 1.85 bits per heavy atom. The minimum Gasteiger partial charge on any atom is -0.383 e. The van der Waals surface area contributed by atoms with Gasteiger partial charge in [-0.3, -0.25) is 4.79 Å². The van der Waals surface area contributed by atoms with E-state index < -0.39 is 17.3 Å². The zero-order chi connectivity index (χ0) is 18.5. The number of carbonyl (C=O) groups is 1. The van der Waals surface area contributed by atoms with Crippen molar-refractivity contribution < 1.29 is 22.7 Å². The normalized spacial score (nSPS) is 33.8. The maximum Gasteiger partial charge on any atom is 0.432 e. The average Bonchev–Trinajstić information content (AvgIpc) is 2.94. The van der Waals surface area contributed by atoms with Crippen molar-refractivity contribution >= 4 is 17.2 Å². The lowest BCUT2D eigenvalue weighted by Gasteiger charge is -2.55. The summed E-state index contributed by atoms with van der Waals surface area (Å²) in [5.41, 5.74) is -1.20. The highest BCUT2D eigenvalue weighted by atomic mass is 32.1. The van der Waals surface area contributed by atoms with Crippen molar-refractivity contribution in [3.63, 3.8) is 0 Å². The average molecular weight is 388 g/mol. The Kier molecular flexibility index (Phi) is 4.54. The summed E-state index contributed by atoms with van der Waals surface area (Å²) in [6, 6.07) is 0. The molecule has 0 saturated heterocycles. The highest BCUT2D eigenvalue weighted by Gasteiger charge is 2.54. The van der Waals surface area contributed by atoms with E-state index >= 15 is 0 Å². The fourth-order valence-corrected chi connectivity index (χ4v) is 6.55. The topological polar surface area (TPSA) is 43.6 Å². The Morgan fingerprint density at radius 3 is 2.35 bits per heavy atom. The first kappa shape index (κ1) is 18.2. The van der Waals surface area contributed by atoms with E-state index in [9.17, 15) is 18.0 Å². The van der Waals surface area contributed by atoms with Crippen LogP contribution in [0.2, 0.25) is 0 Å². The van der Waals surface area contributed by atoms with Crippen LogP contribution in [0.15, 0.2) is 10.4 Å². The lowest BCUT2D eigenvalue weighted by atomic mass is 9.49. The molecule has 4 aliphatic carbocycles. The molecule has 8 heteroatoms. The van der Waals surface area contributed by atoms with Crippen LogP contribution in [0.25, 0.3) is 0 Å². The molecule has 144 valence electrons. The van der Waals surface area contributed by atoms with E-state index in [1.165, 1.54) is 26.4 Å². The molecule has 4 nitrogen and oxygen atoms in total. The number of aromatic nitrogens is 1. The van der Waals surface area contributed by atoms with Crippen LogP contribution in [0.5, 0.6) is 0 Å². The minimum atomic E-state index is -4.47. The molecule has 0 spiro atoms. The number of ether oxygens (including phenoxy) is 1. The molecule has 1 amide bonds. The number of nitrogens with zero attached hydrogens (tertiary/aromatic N) is 2. The maximum absolute atomic E-state index is 13.3. The Hall–Kier alpha value is -1.15. The lowest BCUT2D eigenvalue weighted by molar-refractivity contribution is -0.145. The molecule has 4 aliphatic rings. The quantitative estimate of drug-likeness (QED) is 0.786. The molecule has 1 heterocycles. The van der Waals surface area contributed by atoms with Crippen LogP contribution in [0.4, 0.5) is 13.2 Å². The predicted octanol–water partition coefficient (Wildman–Crippen LogP) is 3.86. The van der Waals surface area contributed by atoms with E-state index in [1.807, 2.05) is 0 Å². The van der Waals surface area contributed by atoms with Crippen molar-refractivity contribution in [3.05, 3.63) is 15.9 Å². The van der Waals surface area contributed by atoms with Gasteiger partial charge in [-0.05, 0) is 56.3 Å². The SMILES string of the molecule is COCCn1c(C(F)(F)F)cs/c1=N\C(=O)C12CC3CC(CC(C3)C1)C2. The summed E-state index contributed by atoms with van der Waals surface area (Å²) >= 11 is 0.886. The van der Waals surface area contributed by atoms with Crippen molar-refractivity contribution in [1.82, 2.24) is 4.57 Å². The third-order valence-corrected chi connectivity index (χ3v) is 7.16. The summed E-state index contributed by atoms with van der Waals surface area (Å²) in [7, 11) is 1.44. The first-order valence-electron chi connectivity index (χ1n) is 9.14. The Balaban J connectivity index is 1.68. The molecular formula is C18H23F3N2O2S. The van der Waals surface area contributed by atoms with Gasteiger partial charge in [0.15, 0.2) is 4.80 Å². The van der Waals surface area contributed by atoms with Gasteiger partial charge in [-0.25, -0.2) is 0 Å². The third kappa shape index (κ3) is 3.15. The second-order valence-corrected chi connectivity index (χ2v) is 9.00. The van der Waals surface area contributed by atoms with E-state index in [2.05, 4.69) is 4.99 Å². The number of hydrogen-bond acceptors (Lipinski definition) is 3. The number of alkyl halides is 3. The smallest absolute Gasteiger partial charge is 0.383 e. The Morgan fingerprint density at radius 1 is 1.27 bits per heavy atom. The number of rotatable bonds is 4. The molecule has 0 aromatic carbocycles. The van der Waals surface area contributed by atoms with E-state index in [-0.39, 0.29) is 23.9 Å². The van der Waals surface area contributed by atoms with Crippen LogP contribution in [0.3, 0.4) is 0 Å². The molecule has 0 unspecified atom stereocenters. The summed E-state index contributed by atoms with van der Waals surface area (Å²) in [6.45, 7) is 0.167. The highest BCUT2D eigenvalue weighted by Crippen LogP contribution is 2.60. The van der Waals surface area contributed by atoms with E-state index in [0.717, 1.165) is 40.5 Å². The standard InChI is InChI=1S/C18H23F3N2O2S/c1-25-3-2-23-14(18(19,20)21)10-26-16(23)22-15(24)17-7-11-4-12(8-17)6-13(5-11)9-17/h10-13H,2-9H2,1H3/b22-16-. The number of methoxy groups -OCH3 is 1. The van der Waals surface area contributed by atoms with Crippen molar-refractivity contribution in [2.75, 3.05) is 13.7 Å². The summed E-state index contributed by atoms with van der Waals surface area (Å²) in [4.78, 5) is 17.4. The number of hydrogen-bond donors (Lipinski definition) is 0. The molecule has 4 saturated carbocycles. The molecule has 4 fully saturated rings. The second kappa shape index (κ2) is 6.48. The zero-order valence-electron chi connectivity index (χ0n) is 14.7. The molecule has 1 aromatic rings. The van der Waals surface area contributed by atoms with Crippen molar-refractivity contribution in [2.45, 2.75) is 51.2 Å². The summed E-state index contributed by atoms with van der Waals surface area (Å²) < 4.78 is 45.8. The summed E-state index contributed by atoms with van der Waals surface area (Å²) in [6.07, 6.45) is 1.72. The fraction of sp³-hybridized carbons (Fsp3) is 0.778. The number of amides is 1. The molecule has 5 rings (SSSR count). The molecule has 0 aliphatic heterocycles. The van der Waals surface area contributed by atoms with Crippen molar-refractivity contribution in [2.24, 2.45) is 28.2 Å². The Bertz CT molecular complexity index is 730. The summed E-state index contributed by atoms with van der Waals surface area (Å²) in [5, 5.41) is 1.04. The predicted molar refractivity (Wildman–Crippen MR) is 90.4 cm³/mol. The van der Waals surface area contributed by atoms with E-state index in [1.54, 1.807) is 0 Å². The van der Waals surface area contributed by atoms with E-state index in [0.29, 0.717) is 17.8 Å². The zero-order valence-corrected chi connectivity index (χ0v) is 15.5. The van der Waals surface area contributed by atoms with Crippen LogP contribution < -0.4 is 4.80 Å². The molecule has 4 bridgehead atoms.